The van der Waals surface area contributed by atoms with Crippen LogP contribution in [0.15, 0.2) is 0 Å². The van der Waals surface area contributed by atoms with Crippen LogP contribution in [0.4, 0.5) is 0 Å². The Morgan fingerprint density at radius 2 is 0.472 bits per heavy atom. The zero-order valence-electron chi connectivity index (χ0n) is 58.1. The van der Waals surface area contributed by atoms with Crippen LogP contribution in [-0.4, -0.2) is 96.7 Å². The van der Waals surface area contributed by atoms with Crippen molar-refractivity contribution in [2.75, 3.05) is 39.6 Å². The maximum absolute atomic E-state index is 13.0. The number of hydrogen-bond donors (Lipinski definition) is 3. The van der Waals surface area contributed by atoms with Crippen molar-refractivity contribution in [2.45, 2.75) is 363 Å². The molecule has 0 aliphatic carbocycles. The SMILES string of the molecule is CC(C)CCCCCCCCCCCCCC(=O)OC[C@H](COP(=O)(O)OCC(O)COP(=O)(O)OC[C@@H](COC(=O)CCCCCCCCCCC(C)C)OC(=O)CCCCCCCCCCCC(C)C)OC(=O)CCCCCCCCCCCC(C)C. The molecule has 0 heterocycles. The monoisotopic (exact) mass is 1310 g/mol. The number of carbonyl (C=O) groups is 4. The van der Waals surface area contributed by atoms with E-state index in [2.05, 4.69) is 55.4 Å². The van der Waals surface area contributed by atoms with Crippen LogP contribution in [0.2, 0.25) is 0 Å². The summed E-state index contributed by atoms with van der Waals surface area (Å²) in [7, 11) is -9.90. The summed E-state index contributed by atoms with van der Waals surface area (Å²) in [6.07, 6.45) is 41.7. The molecule has 0 aromatic rings. The summed E-state index contributed by atoms with van der Waals surface area (Å²) in [4.78, 5) is 72.5. The van der Waals surface area contributed by atoms with Gasteiger partial charge in [0.15, 0.2) is 12.2 Å². The number of ether oxygens (including phenoxy) is 4. The lowest BCUT2D eigenvalue weighted by Gasteiger charge is -2.21. The lowest BCUT2D eigenvalue weighted by molar-refractivity contribution is -0.161. The second-order valence-corrected chi connectivity index (χ2v) is 30.1. The van der Waals surface area contributed by atoms with Crippen LogP contribution >= 0.6 is 15.6 Å². The molecule has 3 N–H and O–H groups in total. The summed E-state index contributed by atoms with van der Waals surface area (Å²) in [5.41, 5.74) is 0. The normalized spacial score (nSPS) is 14.3. The van der Waals surface area contributed by atoms with Crippen LogP contribution in [0.3, 0.4) is 0 Å². The van der Waals surface area contributed by atoms with E-state index in [1.165, 1.54) is 148 Å². The lowest BCUT2D eigenvalue weighted by Crippen LogP contribution is -2.30. The van der Waals surface area contributed by atoms with Gasteiger partial charge in [-0.1, -0.05) is 293 Å². The maximum atomic E-state index is 13.0. The van der Waals surface area contributed by atoms with Crippen LogP contribution in [0, 0.1) is 23.7 Å². The first-order valence-corrected chi connectivity index (χ1v) is 39.2. The van der Waals surface area contributed by atoms with Gasteiger partial charge in [0.05, 0.1) is 26.4 Å². The molecule has 0 saturated carbocycles. The highest BCUT2D eigenvalue weighted by Crippen LogP contribution is 2.45. The first kappa shape index (κ1) is 87.1. The molecule has 0 spiro atoms. The van der Waals surface area contributed by atoms with E-state index >= 15 is 0 Å². The number of rotatable bonds is 67. The highest BCUT2D eigenvalue weighted by atomic mass is 31.2. The molecule has 0 aliphatic rings. The number of aliphatic hydroxyl groups excluding tert-OH is 1. The Kier molecular flexibility index (Phi) is 58.5. The molecule has 3 unspecified atom stereocenters. The summed E-state index contributed by atoms with van der Waals surface area (Å²) < 4.78 is 68.3. The smallest absolute Gasteiger partial charge is 0.462 e. The van der Waals surface area contributed by atoms with Gasteiger partial charge in [0.25, 0.3) is 0 Å². The van der Waals surface area contributed by atoms with E-state index in [0.29, 0.717) is 25.7 Å². The second-order valence-electron chi connectivity index (χ2n) is 27.2. The minimum Gasteiger partial charge on any atom is -0.462 e. The van der Waals surface area contributed by atoms with Crippen molar-refractivity contribution in [3.8, 4) is 0 Å². The molecule has 0 aliphatic heterocycles. The van der Waals surface area contributed by atoms with E-state index in [-0.39, 0.29) is 25.7 Å². The Morgan fingerprint density at radius 3 is 0.697 bits per heavy atom. The summed E-state index contributed by atoms with van der Waals surface area (Å²) >= 11 is 0. The first-order chi connectivity index (χ1) is 42.6. The van der Waals surface area contributed by atoms with Gasteiger partial charge in [-0.05, 0) is 49.4 Å². The first-order valence-electron chi connectivity index (χ1n) is 36.2. The van der Waals surface area contributed by atoms with E-state index in [0.717, 1.165) is 114 Å². The Balaban J connectivity index is 5.26. The van der Waals surface area contributed by atoms with E-state index in [4.69, 9.17) is 37.0 Å². The van der Waals surface area contributed by atoms with E-state index < -0.39 is 97.5 Å². The van der Waals surface area contributed by atoms with Gasteiger partial charge in [0.1, 0.15) is 19.3 Å². The largest absolute Gasteiger partial charge is 0.472 e. The zero-order valence-corrected chi connectivity index (χ0v) is 59.8. The number of carbonyl (C=O) groups excluding carboxylic acids is 4. The van der Waals surface area contributed by atoms with Crippen LogP contribution in [0.1, 0.15) is 344 Å². The van der Waals surface area contributed by atoms with Gasteiger partial charge in [0, 0.05) is 25.7 Å². The number of esters is 4. The summed E-state index contributed by atoms with van der Waals surface area (Å²) in [5, 5.41) is 10.6. The minimum absolute atomic E-state index is 0.104. The molecule has 528 valence electrons. The number of aliphatic hydroxyl groups is 1. The molecule has 0 radical (unpaired) electrons. The van der Waals surface area contributed by atoms with Crippen molar-refractivity contribution in [1.82, 2.24) is 0 Å². The average Bonchev–Trinajstić information content (AvgIpc) is 3.58. The molecule has 19 heteroatoms. The van der Waals surface area contributed by atoms with Gasteiger partial charge < -0.3 is 33.8 Å². The highest BCUT2D eigenvalue weighted by molar-refractivity contribution is 7.47. The third-order valence-corrected chi connectivity index (χ3v) is 18.0. The van der Waals surface area contributed by atoms with E-state index in [1.807, 2.05) is 0 Å². The quantitative estimate of drug-likeness (QED) is 0.0222. The highest BCUT2D eigenvalue weighted by Gasteiger charge is 2.30. The summed E-state index contributed by atoms with van der Waals surface area (Å²) in [6.45, 7) is 14.1. The molecule has 89 heavy (non-hydrogen) atoms. The Hall–Kier alpha value is -1.94. The van der Waals surface area contributed by atoms with Crippen molar-refractivity contribution in [3.05, 3.63) is 0 Å². The third-order valence-electron chi connectivity index (χ3n) is 16.1. The number of phosphoric ester groups is 2. The fraction of sp³-hybridized carbons (Fsp3) is 0.943. The number of phosphoric acid groups is 2. The Bertz CT molecular complexity index is 1760. The van der Waals surface area contributed by atoms with Gasteiger partial charge in [-0.25, -0.2) is 9.13 Å². The van der Waals surface area contributed by atoms with Crippen molar-refractivity contribution in [3.63, 3.8) is 0 Å². The maximum Gasteiger partial charge on any atom is 0.472 e. The lowest BCUT2D eigenvalue weighted by atomic mass is 10.0. The predicted molar refractivity (Wildman–Crippen MR) is 358 cm³/mol. The van der Waals surface area contributed by atoms with Crippen molar-refractivity contribution < 1.29 is 80.2 Å². The molecule has 17 nitrogen and oxygen atoms in total. The van der Waals surface area contributed by atoms with Crippen molar-refractivity contribution in [2.24, 2.45) is 23.7 Å². The van der Waals surface area contributed by atoms with Gasteiger partial charge in [-0.3, -0.25) is 37.3 Å². The standard InChI is InChI=1S/C70H136O17P2/c1-60(2)46-38-30-22-14-10-9-11-17-26-34-42-50-67(72)80-56-65(86-69(74)52-44-36-28-18-12-15-23-31-39-47-61(3)4)58-84-88(76,77)82-54-64(71)55-83-89(78,79)85-59-66(57-81-68(73)51-43-35-27-21-20-25-33-41-49-63(7)8)87-70(75)53-45-37-29-19-13-16-24-32-40-48-62(5)6/h60-66,71H,9-59H2,1-8H3,(H,76,77)(H,78,79)/t64?,65-,66-/m1/s1. The molecule has 0 aromatic carbocycles. The molecule has 5 atom stereocenters. The molecule has 0 rings (SSSR count). The van der Waals surface area contributed by atoms with Crippen molar-refractivity contribution in [1.29, 1.82) is 0 Å². The van der Waals surface area contributed by atoms with Gasteiger partial charge in [-0.2, -0.15) is 0 Å². The van der Waals surface area contributed by atoms with Gasteiger partial charge >= 0.3 is 39.5 Å². The Morgan fingerprint density at radius 1 is 0.281 bits per heavy atom. The topological polar surface area (TPSA) is 237 Å². The van der Waals surface area contributed by atoms with Crippen LogP contribution < -0.4 is 0 Å². The Labute approximate surface area is 543 Å². The average molecular weight is 1310 g/mol. The van der Waals surface area contributed by atoms with E-state index in [1.54, 1.807) is 0 Å². The number of hydrogen-bond acceptors (Lipinski definition) is 15. The molecule has 0 aromatic heterocycles. The molecule has 0 bridgehead atoms. The fourth-order valence-corrected chi connectivity index (χ4v) is 12.1. The molecular formula is C70H136O17P2. The second kappa shape index (κ2) is 59.8. The van der Waals surface area contributed by atoms with E-state index in [9.17, 15) is 43.2 Å². The fourth-order valence-electron chi connectivity index (χ4n) is 10.5. The van der Waals surface area contributed by atoms with Crippen molar-refractivity contribution >= 4 is 39.5 Å². The van der Waals surface area contributed by atoms with Crippen LogP contribution in [0.25, 0.3) is 0 Å². The molecule has 0 saturated heterocycles. The van der Waals surface area contributed by atoms with Gasteiger partial charge in [-0.15, -0.1) is 0 Å². The summed E-state index contributed by atoms with van der Waals surface area (Å²) in [5.74, 6) is 0.840. The third kappa shape index (κ3) is 64.6. The molecule has 0 fully saturated rings. The zero-order chi connectivity index (χ0) is 66.1. The molecular weight excluding hydrogens is 1170 g/mol. The number of unbranched alkanes of at least 4 members (excludes halogenated alkanes) is 33. The molecule has 0 amide bonds. The summed E-state index contributed by atoms with van der Waals surface area (Å²) in [6, 6.07) is 0. The van der Waals surface area contributed by atoms with Crippen LogP contribution in [0.5, 0.6) is 0 Å². The van der Waals surface area contributed by atoms with Crippen LogP contribution in [-0.2, 0) is 65.4 Å². The predicted octanol–water partition coefficient (Wildman–Crippen LogP) is 19.7. The van der Waals surface area contributed by atoms with Gasteiger partial charge in [0.2, 0.25) is 0 Å². The minimum atomic E-state index is -4.95.